The third-order valence-corrected chi connectivity index (χ3v) is 5.07. The van der Waals surface area contributed by atoms with Crippen LogP contribution in [0, 0.1) is 5.92 Å². The molecule has 0 aromatic rings. The van der Waals surface area contributed by atoms with E-state index in [9.17, 15) is 0 Å². The Balaban J connectivity index is 1.81. The lowest BCUT2D eigenvalue weighted by Crippen LogP contribution is -2.48. The first kappa shape index (κ1) is 14.3. The normalized spacial score (nSPS) is 42.5. The molecule has 1 aliphatic heterocycles. The molecule has 1 N–H and O–H groups in total. The first-order valence-electron chi connectivity index (χ1n) is 8.01. The van der Waals surface area contributed by atoms with E-state index in [4.69, 9.17) is 4.74 Å². The predicted molar refractivity (Wildman–Crippen MR) is 76.8 cm³/mol. The second-order valence-corrected chi connectivity index (χ2v) is 6.82. The van der Waals surface area contributed by atoms with Gasteiger partial charge in [-0.1, -0.05) is 26.7 Å². The molecule has 2 nitrogen and oxygen atoms in total. The summed E-state index contributed by atoms with van der Waals surface area (Å²) in [6.45, 7) is 7.86. The van der Waals surface area contributed by atoms with Crippen molar-refractivity contribution < 1.29 is 4.74 Å². The number of nitrogens with one attached hydrogen (secondary N) is 1. The summed E-state index contributed by atoms with van der Waals surface area (Å²) in [5.41, 5.74) is 0.119. The van der Waals surface area contributed by atoms with Crippen LogP contribution in [0.3, 0.4) is 0 Å². The van der Waals surface area contributed by atoms with E-state index in [-0.39, 0.29) is 5.60 Å². The first-order valence-corrected chi connectivity index (χ1v) is 8.01. The molecule has 2 heteroatoms. The maximum Gasteiger partial charge on any atom is 0.0666 e. The van der Waals surface area contributed by atoms with Crippen LogP contribution in [0.2, 0.25) is 0 Å². The highest BCUT2D eigenvalue weighted by molar-refractivity contribution is 4.87. The summed E-state index contributed by atoms with van der Waals surface area (Å²) < 4.78 is 5.94. The van der Waals surface area contributed by atoms with E-state index in [1.54, 1.807) is 0 Å². The van der Waals surface area contributed by atoms with Crippen molar-refractivity contribution in [3.05, 3.63) is 0 Å². The first-order chi connectivity index (χ1) is 8.61. The van der Waals surface area contributed by atoms with Crippen LogP contribution < -0.4 is 5.32 Å². The average Bonchev–Trinajstić information content (AvgIpc) is 2.55. The lowest BCUT2D eigenvalue weighted by atomic mass is 9.89. The van der Waals surface area contributed by atoms with E-state index in [0.29, 0.717) is 6.04 Å². The summed E-state index contributed by atoms with van der Waals surface area (Å²) in [5, 5.41) is 3.93. The molecule has 1 saturated carbocycles. The third-order valence-electron chi connectivity index (χ3n) is 5.07. The Morgan fingerprint density at radius 1 is 1.11 bits per heavy atom. The van der Waals surface area contributed by atoms with Crippen molar-refractivity contribution in [3.63, 3.8) is 0 Å². The lowest BCUT2D eigenvalue weighted by molar-refractivity contribution is -0.0792. The molecular weight excluding hydrogens is 222 g/mol. The fourth-order valence-corrected chi connectivity index (χ4v) is 3.51. The van der Waals surface area contributed by atoms with E-state index >= 15 is 0 Å². The Labute approximate surface area is 113 Å². The van der Waals surface area contributed by atoms with Gasteiger partial charge in [0.05, 0.1) is 5.60 Å². The molecule has 1 aliphatic carbocycles. The summed E-state index contributed by atoms with van der Waals surface area (Å²) in [6, 6.07) is 1.45. The highest BCUT2D eigenvalue weighted by atomic mass is 16.5. The van der Waals surface area contributed by atoms with Gasteiger partial charge in [0.2, 0.25) is 0 Å². The van der Waals surface area contributed by atoms with Gasteiger partial charge in [0.25, 0.3) is 0 Å². The minimum atomic E-state index is 0.119. The van der Waals surface area contributed by atoms with Gasteiger partial charge in [0.15, 0.2) is 0 Å². The number of rotatable bonds is 3. The largest absolute Gasteiger partial charge is 0.375 e. The molecule has 0 aromatic heterocycles. The van der Waals surface area contributed by atoms with Gasteiger partial charge in [-0.3, -0.25) is 0 Å². The predicted octanol–water partition coefficient (Wildman–Crippen LogP) is 3.89. The van der Waals surface area contributed by atoms with Crippen LogP contribution >= 0.6 is 0 Å². The minimum Gasteiger partial charge on any atom is -0.375 e. The maximum absolute atomic E-state index is 5.94. The zero-order chi connectivity index (χ0) is 13.0. The standard InChI is InChI=1S/C16H31NO/c1-4-16(3)12-15(10-11-18-16)17-14-7-5-6-13(2)8-9-14/h13-15,17H,4-12H2,1-3H3. The van der Waals surface area contributed by atoms with Gasteiger partial charge in [-0.05, 0) is 51.4 Å². The second-order valence-electron chi connectivity index (χ2n) is 6.82. The number of hydrogen-bond donors (Lipinski definition) is 1. The summed E-state index contributed by atoms with van der Waals surface area (Å²) in [5.74, 6) is 0.937. The molecule has 1 saturated heterocycles. The van der Waals surface area contributed by atoms with E-state index in [1.165, 1.54) is 44.9 Å². The van der Waals surface area contributed by atoms with Gasteiger partial charge in [0.1, 0.15) is 0 Å². The van der Waals surface area contributed by atoms with Crippen molar-refractivity contribution >= 4 is 0 Å². The fraction of sp³-hybridized carbons (Fsp3) is 1.00. The minimum absolute atomic E-state index is 0.119. The average molecular weight is 253 g/mol. The monoisotopic (exact) mass is 253 g/mol. The van der Waals surface area contributed by atoms with Crippen LogP contribution in [-0.2, 0) is 4.74 Å². The van der Waals surface area contributed by atoms with Crippen molar-refractivity contribution in [1.29, 1.82) is 0 Å². The Morgan fingerprint density at radius 2 is 1.94 bits per heavy atom. The molecule has 2 aliphatic rings. The zero-order valence-electron chi connectivity index (χ0n) is 12.5. The molecule has 0 aromatic carbocycles. The molecule has 106 valence electrons. The molecule has 0 spiro atoms. The summed E-state index contributed by atoms with van der Waals surface area (Å²) >= 11 is 0. The van der Waals surface area contributed by atoms with Crippen molar-refractivity contribution in [2.24, 2.45) is 5.92 Å². The fourth-order valence-electron chi connectivity index (χ4n) is 3.51. The molecule has 0 amide bonds. The molecule has 2 fully saturated rings. The van der Waals surface area contributed by atoms with Crippen molar-refractivity contribution in [3.8, 4) is 0 Å². The summed E-state index contributed by atoms with van der Waals surface area (Å²) in [4.78, 5) is 0. The lowest BCUT2D eigenvalue weighted by Gasteiger charge is -2.39. The molecular formula is C16H31NO. The number of ether oxygens (including phenoxy) is 1. The van der Waals surface area contributed by atoms with Gasteiger partial charge in [-0.2, -0.15) is 0 Å². The molecule has 4 unspecified atom stereocenters. The topological polar surface area (TPSA) is 21.3 Å². The van der Waals surface area contributed by atoms with E-state index in [1.807, 2.05) is 0 Å². The summed E-state index contributed by atoms with van der Waals surface area (Å²) in [7, 11) is 0. The van der Waals surface area contributed by atoms with Crippen LogP contribution in [0.5, 0.6) is 0 Å². The Kier molecular flexibility index (Phi) is 5.08. The SMILES string of the molecule is CCC1(C)CC(NC2CCCC(C)CC2)CCO1. The molecule has 18 heavy (non-hydrogen) atoms. The molecule has 4 atom stereocenters. The van der Waals surface area contributed by atoms with Crippen LogP contribution in [0.25, 0.3) is 0 Å². The Hall–Kier alpha value is -0.0800. The highest BCUT2D eigenvalue weighted by Gasteiger charge is 2.32. The van der Waals surface area contributed by atoms with Crippen LogP contribution in [0.4, 0.5) is 0 Å². The van der Waals surface area contributed by atoms with E-state index in [0.717, 1.165) is 25.0 Å². The van der Waals surface area contributed by atoms with Gasteiger partial charge in [-0.15, -0.1) is 0 Å². The molecule has 2 rings (SSSR count). The molecule has 1 heterocycles. The van der Waals surface area contributed by atoms with Gasteiger partial charge < -0.3 is 10.1 Å². The quantitative estimate of drug-likeness (QED) is 0.770. The zero-order valence-corrected chi connectivity index (χ0v) is 12.5. The molecule has 0 radical (unpaired) electrons. The van der Waals surface area contributed by atoms with E-state index < -0.39 is 0 Å². The van der Waals surface area contributed by atoms with Crippen LogP contribution in [-0.4, -0.2) is 24.3 Å². The van der Waals surface area contributed by atoms with Crippen molar-refractivity contribution in [2.45, 2.75) is 89.8 Å². The van der Waals surface area contributed by atoms with Crippen molar-refractivity contribution in [2.75, 3.05) is 6.61 Å². The third kappa shape index (κ3) is 3.96. The molecule has 0 bridgehead atoms. The Bertz CT molecular complexity index is 255. The van der Waals surface area contributed by atoms with Gasteiger partial charge in [0, 0.05) is 18.7 Å². The van der Waals surface area contributed by atoms with Crippen LogP contribution in [0.15, 0.2) is 0 Å². The van der Waals surface area contributed by atoms with Crippen LogP contribution in [0.1, 0.15) is 72.1 Å². The van der Waals surface area contributed by atoms with Gasteiger partial charge in [-0.25, -0.2) is 0 Å². The maximum atomic E-state index is 5.94. The number of hydrogen-bond acceptors (Lipinski definition) is 2. The smallest absolute Gasteiger partial charge is 0.0666 e. The Morgan fingerprint density at radius 3 is 2.72 bits per heavy atom. The summed E-state index contributed by atoms with van der Waals surface area (Å²) in [6.07, 6.45) is 10.5. The van der Waals surface area contributed by atoms with Crippen molar-refractivity contribution in [1.82, 2.24) is 5.32 Å². The van der Waals surface area contributed by atoms with E-state index in [2.05, 4.69) is 26.1 Å². The van der Waals surface area contributed by atoms with Gasteiger partial charge >= 0.3 is 0 Å². The highest BCUT2D eigenvalue weighted by Crippen LogP contribution is 2.29. The second kappa shape index (κ2) is 6.38.